The van der Waals surface area contributed by atoms with E-state index in [4.69, 9.17) is 0 Å². The lowest BCUT2D eigenvalue weighted by Gasteiger charge is -2.20. The summed E-state index contributed by atoms with van der Waals surface area (Å²) in [5.41, 5.74) is 2.50. The van der Waals surface area contributed by atoms with Crippen molar-refractivity contribution in [1.29, 1.82) is 0 Å². The van der Waals surface area contributed by atoms with Crippen LogP contribution < -0.4 is 10.2 Å². The Labute approximate surface area is 129 Å². The van der Waals surface area contributed by atoms with Crippen LogP contribution in [0.3, 0.4) is 0 Å². The van der Waals surface area contributed by atoms with Crippen LogP contribution in [0.2, 0.25) is 0 Å². The van der Waals surface area contributed by atoms with E-state index in [0.717, 1.165) is 17.7 Å². The van der Waals surface area contributed by atoms with Crippen molar-refractivity contribution < 1.29 is 19.8 Å². The second kappa shape index (κ2) is 6.89. The zero-order chi connectivity index (χ0) is 16.3. The number of aliphatic hydroxyl groups excluding tert-OH is 2. The summed E-state index contributed by atoms with van der Waals surface area (Å²) in [7, 11) is 0. The summed E-state index contributed by atoms with van der Waals surface area (Å²) in [5.74, 6) is -0.161. The van der Waals surface area contributed by atoms with Crippen molar-refractivity contribution >= 4 is 17.5 Å². The standard InChI is InChI=1S/C16H22N2O4/c1-10(19)17-7-5-15(21)16(22)13-3-4-14-12(9-13)6-8-18(14)11(2)20/h3-4,9,15-16,21-22H,5-8H2,1-2H3,(H,17,19). The van der Waals surface area contributed by atoms with Gasteiger partial charge < -0.3 is 20.4 Å². The van der Waals surface area contributed by atoms with Gasteiger partial charge in [-0.05, 0) is 30.0 Å². The van der Waals surface area contributed by atoms with E-state index in [1.807, 2.05) is 12.1 Å². The lowest BCUT2D eigenvalue weighted by atomic mass is 9.99. The fraction of sp³-hybridized carbons (Fsp3) is 0.500. The summed E-state index contributed by atoms with van der Waals surface area (Å²) < 4.78 is 0. The van der Waals surface area contributed by atoms with Crippen molar-refractivity contribution in [2.75, 3.05) is 18.0 Å². The average Bonchev–Trinajstić information content (AvgIpc) is 2.88. The van der Waals surface area contributed by atoms with Crippen molar-refractivity contribution in [3.05, 3.63) is 29.3 Å². The van der Waals surface area contributed by atoms with Crippen LogP contribution >= 0.6 is 0 Å². The molecular formula is C16H22N2O4. The zero-order valence-corrected chi connectivity index (χ0v) is 12.9. The fourth-order valence-corrected chi connectivity index (χ4v) is 2.71. The molecule has 3 N–H and O–H groups in total. The third-order valence-electron chi connectivity index (χ3n) is 3.90. The number of nitrogens with zero attached hydrogens (tertiary/aromatic N) is 1. The number of nitrogens with one attached hydrogen (secondary N) is 1. The van der Waals surface area contributed by atoms with Crippen molar-refractivity contribution in [2.45, 2.75) is 38.9 Å². The van der Waals surface area contributed by atoms with Gasteiger partial charge in [0.15, 0.2) is 0 Å². The number of rotatable bonds is 5. The Morgan fingerprint density at radius 2 is 2.05 bits per heavy atom. The minimum Gasteiger partial charge on any atom is -0.390 e. The molecule has 6 nitrogen and oxygen atoms in total. The molecule has 0 aromatic heterocycles. The first-order valence-electron chi connectivity index (χ1n) is 7.41. The summed E-state index contributed by atoms with van der Waals surface area (Å²) in [4.78, 5) is 24.0. The van der Waals surface area contributed by atoms with Crippen molar-refractivity contribution in [3.63, 3.8) is 0 Å². The number of hydrogen-bond donors (Lipinski definition) is 3. The monoisotopic (exact) mass is 306 g/mol. The highest BCUT2D eigenvalue weighted by Crippen LogP contribution is 2.31. The Morgan fingerprint density at radius 3 is 2.68 bits per heavy atom. The summed E-state index contributed by atoms with van der Waals surface area (Å²) in [6.45, 7) is 3.90. The minimum atomic E-state index is -1.01. The first-order valence-corrected chi connectivity index (χ1v) is 7.41. The highest BCUT2D eigenvalue weighted by molar-refractivity contribution is 5.93. The molecule has 0 saturated carbocycles. The molecule has 22 heavy (non-hydrogen) atoms. The van der Waals surface area contributed by atoms with Gasteiger partial charge in [-0.3, -0.25) is 9.59 Å². The molecule has 2 unspecified atom stereocenters. The van der Waals surface area contributed by atoms with Crippen molar-refractivity contribution in [2.24, 2.45) is 0 Å². The van der Waals surface area contributed by atoms with Crippen LogP contribution in [0.15, 0.2) is 18.2 Å². The molecule has 1 aromatic rings. The summed E-state index contributed by atoms with van der Waals surface area (Å²) >= 11 is 0. The zero-order valence-electron chi connectivity index (χ0n) is 12.9. The van der Waals surface area contributed by atoms with Gasteiger partial charge in [-0.25, -0.2) is 0 Å². The molecule has 0 fully saturated rings. The summed E-state index contributed by atoms with van der Waals surface area (Å²) in [5, 5.41) is 22.8. The van der Waals surface area contributed by atoms with Crippen molar-refractivity contribution in [1.82, 2.24) is 5.32 Å². The topological polar surface area (TPSA) is 89.9 Å². The predicted molar refractivity (Wildman–Crippen MR) is 82.4 cm³/mol. The number of amides is 2. The van der Waals surface area contributed by atoms with Crippen LogP contribution in [-0.4, -0.2) is 41.2 Å². The van der Waals surface area contributed by atoms with Crippen LogP contribution in [0.5, 0.6) is 0 Å². The predicted octanol–water partition coefficient (Wildman–Crippen LogP) is 0.516. The Morgan fingerprint density at radius 1 is 1.32 bits per heavy atom. The number of benzene rings is 1. The lowest BCUT2D eigenvalue weighted by Crippen LogP contribution is -2.27. The second-order valence-electron chi connectivity index (χ2n) is 5.59. The molecule has 0 aliphatic carbocycles. The smallest absolute Gasteiger partial charge is 0.223 e. The molecule has 0 spiro atoms. The normalized spacial score (nSPS) is 16.1. The third-order valence-corrected chi connectivity index (χ3v) is 3.90. The Bertz CT molecular complexity index is 573. The van der Waals surface area contributed by atoms with E-state index in [1.54, 1.807) is 11.0 Å². The Kier molecular flexibility index (Phi) is 5.15. The maximum atomic E-state index is 11.5. The van der Waals surface area contributed by atoms with Crippen LogP contribution in [0.1, 0.15) is 37.5 Å². The first-order chi connectivity index (χ1) is 10.4. The lowest BCUT2D eigenvalue weighted by molar-refractivity contribution is -0.119. The molecule has 0 saturated heterocycles. The maximum Gasteiger partial charge on any atom is 0.223 e. The number of carbonyl (C=O) groups is 2. The molecule has 6 heteroatoms. The van der Waals surface area contributed by atoms with Gasteiger partial charge in [-0.2, -0.15) is 0 Å². The molecule has 120 valence electrons. The van der Waals surface area contributed by atoms with Gasteiger partial charge in [0.05, 0.1) is 6.10 Å². The number of fused-ring (bicyclic) bond motifs is 1. The second-order valence-corrected chi connectivity index (χ2v) is 5.59. The Hall–Kier alpha value is -1.92. The fourth-order valence-electron chi connectivity index (χ4n) is 2.71. The largest absolute Gasteiger partial charge is 0.390 e. The van der Waals surface area contributed by atoms with Crippen LogP contribution in [0.4, 0.5) is 5.69 Å². The van der Waals surface area contributed by atoms with E-state index in [9.17, 15) is 19.8 Å². The highest BCUT2D eigenvalue weighted by atomic mass is 16.3. The van der Waals surface area contributed by atoms with E-state index in [0.29, 0.717) is 18.7 Å². The molecular weight excluding hydrogens is 284 g/mol. The average molecular weight is 306 g/mol. The number of anilines is 1. The quantitative estimate of drug-likeness (QED) is 0.739. The number of aliphatic hydroxyl groups is 2. The molecule has 1 heterocycles. The molecule has 0 radical (unpaired) electrons. The molecule has 2 rings (SSSR count). The van der Waals surface area contributed by atoms with Crippen LogP contribution in [-0.2, 0) is 16.0 Å². The molecule has 1 aromatic carbocycles. The van der Waals surface area contributed by atoms with Gasteiger partial charge in [0.1, 0.15) is 6.10 Å². The molecule has 1 aliphatic heterocycles. The molecule has 0 bridgehead atoms. The van der Waals surface area contributed by atoms with Crippen LogP contribution in [0, 0.1) is 0 Å². The van der Waals surface area contributed by atoms with Gasteiger partial charge in [0.2, 0.25) is 11.8 Å². The van der Waals surface area contributed by atoms with Gasteiger partial charge in [-0.15, -0.1) is 0 Å². The van der Waals surface area contributed by atoms with Gasteiger partial charge in [-0.1, -0.05) is 12.1 Å². The molecule has 1 aliphatic rings. The van der Waals surface area contributed by atoms with Gasteiger partial charge >= 0.3 is 0 Å². The third kappa shape index (κ3) is 3.64. The van der Waals surface area contributed by atoms with E-state index >= 15 is 0 Å². The van der Waals surface area contributed by atoms with Gasteiger partial charge in [0.25, 0.3) is 0 Å². The van der Waals surface area contributed by atoms with Crippen LogP contribution in [0.25, 0.3) is 0 Å². The summed E-state index contributed by atoms with van der Waals surface area (Å²) in [6.07, 6.45) is -0.935. The maximum absolute atomic E-state index is 11.5. The number of hydrogen-bond acceptors (Lipinski definition) is 4. The van der Waals surface area contributed by atoms with Gasteiger partial charge in [0, 0.05) is 32.6 Å². The first kappa shape index (κ1) is 16.5. The van der Waals surface area contributed by atoms with E-state index < -0.39 is 12.2 Å². The number of carbonyl (C=O) groups excluding carboxylic acids is 2. The SMILES string of the molecule is CC(=O)NCCC(O)C(O)c1ccc2c(c1)CCN2C(C)=O. The Balaban J connectivity index is 2.04. The molecule has 2 amide bonds. The van der Waals surface area contributed by atoms with E-state index in [2.05, 4.69) is 5.32 Å². The minimum absolute atomic E-state index is 0.00221. The highest BCUT2D eigenvalue weighted by Gasteiger charge is 2.25. The summed E-state index contributed by atoms with van der Waals surface area (Å²) in [6, 6.07) is 5.37. The van der Waals surface area contributed by atoms with Crippen molar-refractivity contribution in [3.8, 4) is 0 Å². The van der Waals surface area contributed by atoms with E-state index in [1.165, 1.54) is 13.8 Å². The van der Waals surface area contributed by atoms with E-state index in [-0.39, 0.29) is 18.2 Å². The molecule has 2 atom stereocenters.